The molecule has 0 bridgehead atoms. The number of carboxylic acids is 1. The highest BCUT2D eigenvalue weighted by Gasteiger charge is 2.22. The average molecular weight is 690 g/mol. The number of ketones is 1. The summed E-state index contributed by atoms with van der Waals surface area (Å²) < 4.78 is 20.0. The minimum absolute atomic E-state index is 0.0707. The molecule has 0 aliphatic carbocycles. The zero-order valence-corrected chi connectivity index (χ0v) is 29.5. The molecule has 0 saturated carbocycles. The highest BCUT2D eigenvalue weighted by atomic mass is 16.5. The summed E-state index contributed by atoms with van der Waals surface area (Å²) in [6.45, 7) is 5.54. The van der Waals surface area contributed by atoms with Gasteiger partial charge in [0.1, 0.15) is 11.9 Å². The van der Waals surface area contributed by atoms with Crippen molar-refractivity contribution in [1.29, 1.82) is 0 Å². The molecule has 266 valence electrons. The van der Waals surface area contributed by atoms with Gasteiger partial charge in [0.15, 0.2) is 17.3 Å². The monoisotopic (exact) mass is 689 g/mol. The number of unbranched alkanes of at least 4 members (excludes halogenated alkanes) is 1. The second kappa shape index (κ2) is 17.1. The summed E-state index contributed by atoms with van der Waals surface area (Å²) in [4.78, 5) is 29.9. The number of rotatable bonds is 17. The maximum atomic E-state index is 13.9. The molecule has 1 atom stereocenters. The van der Waals surface area contributed by atoms with Gasteiger partial charge in [-0.15, -0.1) is 0 Å². The van der Waals surface area contributed by atoms with Gasteiger partial charge in [-0.1, -0.05) is 60.7 Å². The Labute approximate surface area is 300 Å². The van der Waals surface area contributed by atoms with Crippen molar-refractivity contribution in [3.8, 4) is 17.2 Å². The molecule has 1 unspecified atom stereocenters. The van der Waals surface area contributed by atoms with Gasteiger partial charge >= 0.3 is 5.97 Å². The van der Waals surface area contributed by atoms with Crippen molar-refractivity contribution in [3.05, 3.63) is 120 Å². The molecule has 1 saturated heterocycles. The molecular weight excluding hydrogens is 642 g/mol. The second-order valence-electron chi connectivity index (χ2n) is 13.0. The molecule has 0 radical (unpaired) electrons. The van der Waals surface area contributed by atoms with Crippen molar-refractivity contribution in [2.24, 2.45) is 0 Å². The van der Waals surface area contributed by atoms with E-state index in [1.807, 2.05) is 71.4 Å². The Kier molecular flexibility index (Phi) is 11.9. The summed E-state index contributed by atoms with van der Waals surface area (Å²) >= 11 is 0. The molecule has 4 aromatic carbocycles. The lowest BCUT2D eigenvalue weighted by molar-refractivity contribution is -0.137. The molecule has 5 aromatic rings. The number of nitrogens with zero attached hydrogens (tertiary/aromatic N) is 3. The van der Waals surface area contributed by atoms with Gasteiger partial charge in [0.05, 0.1) is 19.9 Å². The Balaban J connectivity index is 1.10. The van der Waals surface area contributed by atoms with E-state index >= 15 is 0 Å². The highest BCUT2D eigenvalue weighted by molar-refractivity contribution is 6.16. The number of hydrogen-bond acceptors (Lipinski definition) is 7. The number of fused-ring (bicyclic) bond motifs is 1. The van der Waals surface area contributed by atoms with Crippen LogP contribution in [0, 0.1) is 0 Å². The molecule has 2 heterocycles. The molecule has 9 nitrogen and oxygen atoms in total. The number of aliphatic carboxylic acids is 1. The smallest absolute Gasteiger partial charge is 0.303 e. The number of aryl methyl sites for hydroxylation is 1. The van der Waals surface area contributed by atoms with E-state index in [4.69, 9.17) is 19.3 Å². The van der Waals surface area contributed by atoms with E-state index in [9.17, 15) is 9.59 Å². The van der Waals surface area contributed by atoms with Crippen LogP contribution in [0.4, 0.5) is 5.69 Å². The summed E-state index contributed by atoms with van der Waals surface area (Å²) in [6.07, 6.45) is 5.12. The van der Waals surface area contributed by atoms with Crippen LogP contribution in [-0.2, 0) is 11.3 Å². The SMILES string of the molecule is COc1cc(C(=O)c2cn(CCCC(=O)O)c3ccccc23)ccc1OC(CCCCN1CCN(c2ccccc2OC)CC1)c1ccccc1. The van der Waals surface area contributed by atoms with Crippen LogP contribution in [0.2, 0.25) is 0 Å². The van der Waals surface area contributed by atoms with Gasteiger partial charge in [-0.05, 0) is 74.2 Å². The molecular formula is C42H47N3O6. The van der Waals surface area contributed by atoms with E-state index in [1.54, 1.807) is 26.4 Å². The van der Waals surface area contributed by atoms with Crippen LogP contribution >= 0.6 is 0 Å². The number of para-hydroxylation sites is 3. The van der Waals surface area contributed by atoms with E-state index in [0.29, 0.717) is 35.6 Å². The quantitative estimate of drug-likeness (QED) is 0.0779. The Morgan fingerprint density at radius 1 is 0.745 bits per heavy atom. The molecule has 0 spiro atoms. The number of benzene rings is 4. The first kappa shape index (κ1) is 35.5. The van der Waals surface area contributed by atoms with Crippen molar-refractivity contribution in [1.82, 2.24) is 9.47 Å². The van der Waals surface area contributed by atoms with Crippen LogP contribution in [0.3, 0.4) is 0 Å². The van der Waals surface area contributed by atoms with Crippen molar-refractivity contribution < 1.29 is 28.9 Å². The number of aromatic nitrogens is 1. The molecule has 1 aromatic heterocycles. The molecule has 9 heteroatoms. The predicted octanol–water partition coefficient (Wildman–Crippen LogP) is 7.87. The van der Waals surface area contributed by atoms with Gasteiger partial charge in [-0.3, -0.25) is 14.5 Å². The van der Waals surface area contributed by atoms with E-state index in [-0.39, 0.29) is 18.3 Å². The zero-order valence-electron chi connectivity index (χ0n) is 29.5. The number of ether oxygens (including phenoxy) is 3. The summed E-state index contributed by atoms with van der Waals surface area (Å²) in [5, 5.41) is 9.93. The topological polar surface area (TPSA) is 93.5 Å². The minimum atomic E-state index is -0.831. The first-order chi connectivity index (χ1) is 24.9. The fourth-order valence-electron chi connectivity index (χ4n) is 6.96. The number of carbonyl (C=O) groups excluding carboxylic acids is 1. The summed E-state index contributed by atoms with van der Waals surface area (Å²) in [7, 11) is 3.32. The van der Waals surface area contributed by atoms with Crippen LogP contribution in [0.1, 0.15) is 59.7 Å². The Morgan fingerprint density at radius 3 is 2.24 bits per heavy atom. The third-order valence-corrected chi connectivity index (χ3v) is 9.68. The molecule has 1 N–H and O–H groups in total. The fraction of sp³-hybridized carbons (Fsp3) is 0.333. The lowest BCUT2D eigenvalue weighted by Gasteiger charge is -2.36. The van der Waals surface area contributed by atoms with Gasteiger partial charge in [0, 0.05) is 67.4 Å². The van der Waals surface area contributed by atoms with Gasteiger partial charge in [0.25, 0.3) is 0 Å². The lowest BCUT2D eigenvalue weighted by atomic mass is 10.0. The van der Waals surface area contributed by atoms with Crippen LogP contribution in [0.5, 0.6) is 17.2 Å². The van der Waals surface area contributed by atoms with Crippen molar-refractivity contribution in [3.63, 3.8) is 0 Å². The van der Waals surface area contributed by atoms with E-state index in [1.165, 1.54) is 0 Å². The van der Waals surface area contributed by atoms with Gasteiger partial charge in [0.2, 0.25) is 0 Å². The van der Waals surface area contributed by atoms with Crippen LogP contribution in [-0.4, -0.2) is 73.3 Å². The van der Waals surface area contributed by atoms with E-state index < -0.39 is 5.97 Å². The summed E-state index contributed by atoms with van der Waals surface area (Å²) in [5.74, 6) is 1.05. The number of hydrogen-bond donors (Lipinski definition) is 1. The van der Waals surface area contributed by atoms with E-state index in [2.05, 4.69) is 34.1 Å². The largest absolute Gasteiger partial charge is 0.495 e. The first-order valence-electron chi connectivity index (χ1n) is 17.8. The maximum absolute atomic E-state index is 13.9. The van der Waals surface area contributed by atoms with Gasteiger partial charge < -0.3 is 28.8 Å². The van der Waals surface area contributed by atoms with Crippen molar-refractivity contribution in [2.45, 2.75) is 44.8 Å². The number of carbonyl (C=O) groups is 2. The molecule has 51 heavy (non-hydrogen) atoms. The normalized spacial score (nSPS) is 14.0. The highest BCUT2D eigenvalue weighted by Crippen LogP contribution is 2.36. The maximum Gasteiger partial charge on any atom is 0.303 e. The molecule has 1 aliphatic rings. The Morgan fingerprint density at radius 2 is 1.47 bits per heavy atom. The van der Waals surface area contributed by atoms with E-state index in [0.717, 1.165) is 79.9 Å². The minimum Gasteiger partial charge on any atom is -0.495 e. The van der Waals surface area contributed by atoms with Gasteiger partial charge in [-0.2, -0.15) is 0 Å². The Hall–Kier alpha value is -5.28. The molecule has 6 rings (SSSR count). The third kappa shape index (κ3) is 8.72. The first-order valence-corrected chi connectivity index (χ1v) is 17.8. The lowest BCUT2D eigenvalue weighted by Crippen LogP contribution is -2.46. The van der Waals surface area contributed by atoms with Crippen molar-refractivity contribution >= 4 is 28.3 Å². The Bertz CT molecular complexity index is 1910. The molecule has 1 fully saturated rings. The molecule has 0 amide bonds. The number of methoxy groups -OCH3 is 2. The average Bonchev–Trinajstić information content (AvgIpc) is 3.54. The van der Waals surface area contributed by atoms with Crippen LogP contribution in [0.25, 0.3) is 10.9 Å². The molecule has 1 aliphatic heterocycles. The zero-order chi connectivity index (χ0) is 35.6. The number of anilines is 1. The van der Waals surface area contributed by atoms with Crippen LogP contribution < -0.4 is 19.1 Å². The third-order valence-electron chi connectivity index (χ3n) is 9.68. The predicted molar refractivity (Wildman–Crippen MR) is 201 cm³/mol. The summed E-state index contributed by atoms with van der Waals surface area (Å²) in [5.41, 5.74) is 4.22. The number of carboxylic acid groups (broad SMARTS) is 1. The second-order valence-corrected chi connectivity index (χ2v) is 13.0. The van der Waals surface area contributed by atoms with Crippen LogP contribution in [0.15, 0.2) is 103 Å². The standard InChI is InChI=1S/C42H47N3O6/c1-49-38-19-9-8-17-36(38)44-27-25-43(26-28-44)23-11-10-18-37(31-13-4-3-5-14-31)51-39-22-21-32(29-40(39)50-2)42(48)34-30-45(24-12-20-41(46)47)35-16-7-6-15-33(34)35/h3-9,13-17,19,21-22,29-30,37H,10-12,18,20,23-28H2,1-2H3,(H,46,47). The number of piperazine rings is 1. The van der Waals surface area contributed by atoms with Gasteiger partial charge in [-0.25, -0.2) is 0 Å². The fourth-order valence-corrected chi connectivity index (χ4v) is 6.96. The van der Waals surface area contributed by atoms with Crippen molar-refractivity contribution in [2.75, 3.05) is 51.8 Å². The summed E-state index contributed by atoms with van der Waals surface area (Å²) in [6, 6.07) is 31.6.